The van der Waals surface area contributed by atoms with Gasteiger partial charge >= 0.3 is 0 Å². The van der Waals surface area contributed by atoms with Crippen molar-refractivity contribution in [2.45, 2.75) is 65.3 Å². The van der Waals surface area contributed by atoms with Crippen LogP contribution in [-0.2, 0) is 0 Å². The second-order valence-electron chi connectivity index (χ2n) is 6.08. The molecule has 2 aromatic heterocycles. The molecule has 3 rings (SSSR count). The number of aryl methyl sites for hydroxylation is 2. The van der Waals surface area contributed by atoms with Gasteiger partial charge in [-0.25, -0.2) is 9.97 Å². The van der Waals surface area contributed by atoms with Crippen molar-refractivity contribution >= 4 is 16.9 Å². The summed E-state index contributed by atoms with van der Waals surface area (Å²) >= 11 is 0. The van der Waals surface area contributed by atoms with E-state index in [9.17, 15) is 0 Å². The highest BCUT2D eigenvalue weighted by Crippen LogP contribution is 2.35. The van der Waals surface area contributed by atoms with Gasteiger partial charge in [-0.1, -0.05) is 25.7 Å². The third kappa shape index (κ3) is 2.07. The first-order chi connectivity index (χ1) is 9.59. The number of anilines is 1. The van der Waals surface area contributed by atoms with Crippen LogP contribution in [0.5, 0.6) is 0 Å². The summed E-state index contributed by atoms with van der Waals surface area (Å²) in [7, 11) is 0. The molecule has 20 heavy (non-hydrogen) atoms. The Balaban J connectivity index is 2.21. The van der Waals surface area contributed by atoms with E-state index in [0.717, 1.165) is 16.9 Å². The highest BCUT2D eigenvalue weighted by molar-refractivity contribution is 5.91. The van der Waals surface area contributed by atoms with E-state index in [-0.39, 0.29) is 0 Å². The number of fused-ring (bicyclic) bond motifs is 1. The van der Waals surface area contributed by atoms with Crippen molar-refractivity contribution in [3.05, 3.63) is 17.1 Å². The van der Waals surface area contributed by atoms with Crippen molar-refractivity contribution in [1.82, 2.24) is 14.5 Å². The Kier molecular flexibility index (Phi) is 3.40. The first kappa shape index (κ1) is 13.4. The summed E-state index contributed by atoms with van der Waals surface area (Å²) in [6, 6.07) is 0.572. The van der Waals surface area contributed by atoms with Crippen LogP contribution < -0.4 is 5.73 Å². The van der Waals surface area contributed by atoms with E-state index in [1.165, 1.54) is 49.8 Å². The summed E-state index contributed by atoms with van der Waals surface area (Å²) in [4.78, 5) is 9.03. The fraction of sp³-hybridized carbons (Fsp3) is 0.625. The van der Waals surface area contributed by atoms with Gasteiger partial charge in [-0.3, -0.25) is 0 Å². The van der Waals surface area contributed by atoms with Crippen molar-refractivity contribution in [1.29, 1.82) is 0 Å². The zero-order valence-corrected chi connectivity index (χ0v) is 12.7. The largest absolute Gasteiger partial charge is 0.383 e. The standard InChI is InChI=1S/C16H24N4/c1-10-11(2)20(13-8-6-4-5-7-9-13)16-14(10)15(17)18-12(3)19-16/h13H,4-9H2,1-3H3,(H2,17,18,19). The summed E-state index contributed by atoms with van der Waals surface area (Å²) in [5.74, 6) is 1.39. The molecule has 0 spiro atoms. The molecule has 2 aromatic rings. The lowest BCUT2D eigenvalue weighted by atomic mass is 10.1. The molecule has 0 aliphatic heterocycles. The van der Waals surface area contributed by atoms with Crippen LogP contribution in [0, 0.1) is 20.8 Å². The van der Waals surface area contributed by atoms with Crippen LogP contribution in [0.4, 0.5) is 5.82 Å². The Labute approximate surface area is 120 Å². The summed E-state index contributed by atoms with van der Waals surface area (Å²) in [6.45, 7) is 6.25. The van der Waals surface area contributed by atoms with Crippen molar-refractivity contribution in [3.8, 4) is 0 Å². The zero-order valence-electron chi connectivity index (χ0n) is 12.7. The van der Waals surface area contributed by atoms with Crippen molar-refractivity contribution in [3.63, 3.8) is 0 Å². The molecule has 2 N–H and O–H groups in total. The van der Waals surface area contributed by atoms with Crippen LogP contribution >= 0.6 is 0 Å². The van der Waals surface area contributed by atoms with Crippen LogP contribution in [0.15, 0.2) is 0 Å². The Morgan fingerprint density at radius 3 is 2.30 bits per heavy atom. The van der Waals surface area contributed by atoms with E-state index in [2.05, 4.69) is 23.4 Å². The van der Waals surface area contributed by atoms with E-state index >= 15 is 0 Å². The average molecular weight is 272 g/mol. The Morgan fingerprint density at radius 2 is 1.65 bits per heavy atom. The predicted molar refractivity (Wildman–Crippen MR) is 82.9 cm³/mol. The molecule has 0 unspecified atom stereocenters. The lowest BCUT2D eigenvalue weighted by Crippen LogP contribution is -2.11. The molecule has 0 radical (unpaired) electrons. The van der Waals surface area contributed by atoms with E-state index < -0.39 is 0 Å². The SMILES string of the molecule is Cc1nc(N)c2c(C)c(C)n(C3CCCCCC3)c2n1. The number of nitrogen functional groups attached to an aromatic ring is 1. The van der Waals surface area contributed by atoms with Gasteiger partial charge in [0.25, 0.3) is 0 Å². The fourth-order valence-corrected chi connectivity index (χ4v) is 3.60. The number of hydrogen-bond donors (Lipinski definition) is 1. The van der Waals surface area contributed by atoms with Gasteiger partial charge in [-0.05, 0) is 39.2 Å². The molecule has 108 valence electrons. The van der Waals surface area contributed by atoms with E-state index in [4.69, 9.17) is 10.7 Å². The predicted octanol–water partition coefficient (Wildman–Crippen LogP) is 3.83. The minimum atomic E-state index is 0.572. The highest BCUT2D eigenvalue weighted by Gasteiger charge is 2.22. The third-order valence-corrected chi connectivity index (χ3v) is 4.73. The molecule has 0 bridgehead atoms. The molecular formula is C16H24N4. The third-order valence-electron chi connectivity index (χ3n) is 4.73. The van der Waals surface area contributed by atoms with Gasteiger partial charge in [0, 0.05) is 11.7 Å². The van der Waals surface area contributed by atoms with Crippen molar-refractivity contribution < 1.29 is 0 Å². The van der Waals surface area contributed by atoms with Crippen LogP contribution in [-0.4, -0.2) is 14.5 Å². The summed E-state index contributed by atoms with van der Waals surface area (Å²) < 4.78 is 2.43. The Morgan fingerprint density at radius 1 is 1.00 bits per heavy atom. The maximum absolute atomic E-state index is 6.14. The van der Waals surface area contributed by atoms with Crippen LogP contribution in [0.25, 0.3) is 11.0 Å². The lowest BCUT2D eigenvalue weighted by Gasteiger charge is -2.19. The number of nitrogens with zero attached hydrogens (tertiary/aromatic N) is 3. The van der Waals surface area contributed by atoms with Gasteiger partial charge in [-0.2, -0.15) is 0 Å². The number of hydrogen-bond acceptors (Lipinski definition) is 3. The van der Waals surface area contributed by atoms with Crippen LogP contribution in [0.2, 0.25) is 0 Å². The van der Waals surface area contributed by atoms with Gasteiger partial charge < -0.3 is 10.3 Å². The Bertz CT molecular complexity index is 634. The molecule has 4 heteroatoms. The first-order valence-electron chi connectivity index (χ1n) is 7.71. The van der Waals surface area contributed by atoms with Crippen LogP contribution in [0.1, 0.15) is 61.6 Å². The van der Waals surface area contributed by atoms with Gasteiger partial charge in [0.05, 0.1) is 5.39 Å². The molecule has 1 fully saturated rings. The van der Waals surface area contributed by atoms with Crippen molar-refractivity contribution in [2.75, 3.05) is 5.73 Å². The summed E-state index contributed by atoms with van der Waals surface area (Å²) in [6.07, 6.45) is 7.89. The van der Waals surface area contributed by atoms with E-state index in [1.807, 2.05) is 6.92 Å². The van der Waals surface area contributed by atoms with Crippen LogP contribution in [0.3, 0.4) is 0 Å². The number of rotatable bonds is 1. The first-order valence-corrected chi connectivity index (χ1v) is 7.71. The molecule has 0 amide bonds. The molecule has 0 aromatic carbocycles. The molecule has 1 saturated carbocycles. The molecule has 1 aliphatic rings. The molecule has 0 atom stereocenters. The van der Waals surface area contributed by atoms with Gasteiger partial charge in [0.15, 0.2) is 0 Å². The minimum Gasteiger partial charge on any atom is -0.383 e. The zero-order chi connectivity index (χ0) is 14.3. The molecule has 1 aliphatic carbocycles. The average Bonchev–Trinajstić information content (AvgIpc) is 2.60. The maximum Gasteiger partial charge on any atom is 0.146 e. The monoisotopic (exact) mass is 272 g/mol. The topological polar surface area (TPSA) is 56.7 Å². The van der Waals surface area contributed by atoms with Gasteiger partial charge in [-0.15, -0.1) is 0 Å². The van der Waals surface area contributed by atoms with Crippen molar-refractivity contribution in [2.24, 2.45) is 0 Å². The fourth-order valence-electron chi connectivity index (χ4n) is 3.60. The normalized spacial score (nSPS) is 17.6. The number of aromatic nitrogens is 3. The second-order valence-corrected chi connectivity index (χ2v) is 6.08. The smallest absolute Gasteiger partial charge is 0.146 e. The van der Waals surface area contributed by atoms with Gasteiger partial charge in [0.1, 0.15) is 17.3 Å². The number of nitrogens with two attached hydrogens (primary N) is 1. The van der Waals surface area contributed by atoms with E-state index in [1.54, 1.807) is 0 Å². The maximum atomic E-state index is 6.14. The molecule has 2 heterocycles. The Hall–Kier alpha value is -1.58. The second kappa shape index (κ2) is 5.08. The van der Waals surface area contributed by atoms with Gasteiger partial charge in [0.2, 0.25) is 0 Å². The lowest BCUT2D eigenvalue weighted by molar-refractivity contribution is 0.446. The molecule has 0 saturated heterocycles. The molecular weight excluding hydrogens is 248 g/mol. The molecule has 4 nitrogen and oxygen atoms in total. The summed E-state index contributed by atoms with van der Waals surface area (Å²) in [5, 5.41) is 1.05. The quantitative estimate of drug-likeness (QED) is 0.803. The highest BCUT2D eigenvalue weighted by atomic mass is 15.1. The minimum absolute atomic E-state index is 0.572. The summed E-state index contributed by atoms with van der Waals surface area (Å²) in [5.41, 5.74) is 9.72. The van der Waals surface area contributed by atoms with E-state index in [0.29, 0.717) is 11.9 Å².